The van der Waals surface area contributed by atoms with Gasteiger partial charge in [-0.25, -0.2) is 14.6 Å². The van der Waals surface area contributed by atoms with Crippen LogP contribution in [0.4, 0.5) is 5.82 Å². The molecule has 8 aliphatic rings. The van der Waals surface area contributed by atoms with E-state index >= 15 is 0 Å². The molecule has 0 amide bonds. The Morgan fingerprint density at radius 2 is 1.77 bits per heavy atom. The van der Waals surface area contributed by atoms with Gasteiger partial charge in [-0.3, -0.25) is 0 Å². The molecule has 2 aliphatic heterocycles. The maximum atomic E-state index is 14.3. The second-order valence-corrected chi connectivity index (χ2v) is 14.8. The minimum atomic E-state index is -0.611. The van der Waals surface area contributed by atoms with Crippen molar-refractivity contribution in [1.82, 2.24) is 4.98 Å². The second kappa shape index (κ2) is 10.2. The summed E-state index contributed by atoms with van der Waals surface area (Å²) >= 11 is 0. The Kier molecular flexibility index (Phi) is 6.56. The van der Waals surface area contributed by atoms with Gasteiger partial charge in [-0.15, -0.1) is 0 Å². The van der Waals surface area contributed by atoms with Crippen molar-refractivity contribution in [2.75, 3.05) is 5.73 Å². The fourth-order valence-corrected chi connectivity index (χ4v) is 11.1. The number of carbonyl (C=O) groups is 2. The van der Waals surface area contributed by atoms with Crippen LogP contribution in [0.5, 0.6) is 0 Å². The van der Waals surface area contributed by atoms with Crippen LogP contribution in [-0.4, -0.2) is 16.9 Å². The number of unbranched alkanes of at least 4 members (excludes halogenated alkanes) is 1. The number of rotatable bonds is 6. The summed E-state index contributed by atoms with van der Waals surface area (Å²) in [5, 5.41) is 0. The molecule has 1 aromatic rings. The van der Waals surface area contributed by atoms with Crippen LogP contribution >= 0.6 is 0 Å². The van der Waals surface area contributed by atoms with E-state index < -0.39 is 5.41 Å². The van der Waals surface area contributed by atoms with Crippen molar-refractivity contribution < 1.29 is 19.1 Å². The number of ether oxygens (including phenoxy) is 2. The van der Waals surface area contributed by atoms with E-state index in [1.165, 1.54) is 24.0 Å². The van der Waals surface area contributed by atoms with Crippen LogP contribution in [0.1, 0.15) is 116 Å². The Morgan fingerprint density at radius 1 is 1.00 bits per heavy atom. The molecular formula is C38H46N2O4. The summed E-state index contributed by atoms with van der Waals surface area (Å²) in [6.45, 7) is 4.43. The lowest BCUT2D eigenvalue weighted by Crippen LogP contribution is -2.55. The summed E-state index contributed by atoms with van der Waals surface area (Å²) in [4.78, 5) is 32.7. The monoisotopic (exact) mass is 594 g/mol. The molecule has 1 spiro atoms. The fraction of sp³-hybridized carbons (Fsp3) is 0.605. The number of aromatic nitrogens is 1. The van der Waals surface area contributed by atoms with Crippen molar-refractivity contribution in [3.8, 4) is 0 Å². The van der Waals surface area contributed by atoms with E-state index in [1.54, 1.807) is 0 Å². The smallest absolute Gasteiger partial charge is 0.340 e. The normalized spacial score (nSPS) is 34.9. The summed E-state index contributed by atoms with van der Waals surface area (Å²) in [6.07, 6.45) is 22.0. The van der Waals surface area contributed by atoms with Crippen LogP contribution in [0, 0.1) is 28.6 Å². The summed E-state index contributed by atoms with van der Waals surface area (Å²) in [6, 6.07) is 4.16. The van der Waals surface area contributed by atoms with Gasteiger partial charge in [0.25, 0.3) is 0 Å². The number of allylic oxidation sites excluding steroid dienone is 5. The first kappa shape index (κ1) is 28.3. The van der Waals surface area contributed by atoms with Gasteiger partial charge in [0.15, 0.2) is 0 Å². The molecule has 2 N–H and O–H groups in total. The molecule has 9 rings (SSSR count). The zero-order valence-electron chi connectivity index (χ0n) is 26.4. The quantitative estimate of drug-likeness (QED) is 0.334. The van der Waals surface area contributed by atoms with Gasteiger partial charge in [0.2, 0.25) is 0 Å². The molecule has 6 heteroatoms. The van der Waals surface area contributed by atoms with Crippen molar-refractivity contribution in [3.63, 3.8) is 0 Å². The zero-order chi connectivity index (χ0) is 30.3. The van der Waals surface area contributed by atoms with E-state index in [9.17, 15) is 9.59 Å². The number of carbonyl (C=O) groups excluding carboxylic acids is 2. The summed E-state index contributed by atoms with van der Waals surface area (Å²) in [5.41, 5.74) is 10.9. The van der Waals surface area contributed by atoms with Gasteiger partial charge in [0.05, 0.1) is 11.0 Å². The fourth-order valence-electron chi connectivity index (χ4n) is 11.1. The standard InChI is InChI=1S/C38H46N2O4/c1-3-5-10-28-38-19-13-25(32(33(38)35(42)44-28)37(17-8-9-18-37)23-14-20-40-29(39)21-23)24-11-12-26-27(43-34(41)30(26)31(24)38)22-36(4-2)15-6-7-16-36/h10,14,20-22,24-25,31H,3-9,11-13,15-19H2,1-2H3,(H2,39,40). The molecule has 2 bridgehead atoms. The van der Waals surface area contributed by atoms with Crippen LogP contribution in [0.2, 0.25) is 0 Å². The van der Waals surface area contributed by atoms with E-state index in [2.05, 4.69) is 37.0 Å². The number of hydrogen-bond donors (Lipinski definition) is 1. The highest BCUT2D eigenvalue weighted by Gasteiger charge is 2.70. The maximum absolute atomic E-state index is 14.3. The van der Waals surface area contributed by atoms with Crippen molar-refractivity contribution >= 4 is 17.8 Å². The Bertz CT molecular complexity index is 1550. The SMILES string of the molecule is CCCC=C1OC(=O)C2=C(C3(c4ccnc(N)c4)CCCC3)C3CCC12C1C2=C(CCC31)C(=CC1(CC)CCCC1)OC2=O. The van der Waals surface area contributed by atoms with E-state index in [0.717, 1.165) is 112 Å². The molecule has 44 heavy (non-hydrogen) atoms. The highest BCUT2D eigenvalue weighted by molar-refractivity contribution is 6.01. The molecule has 232 valence electrons. The van der Waals surface area contributed by atoms with Crippen molar-refractivity contribution in [1.29, 1.82) is 0 Å². The maximum Gasteiger partial charge on any atom is 0.340 e. The molecule has 0 radical (unpaired) electrons. The first-order chi connectivity index (χ1) is 21.4. The van der Waals surface area contributed by atoms with Gasteiger partial charge in [-0.05, 0) is 117 Å². The predicted octanol–water partition coefficient (Wildman–Crippen LogP) is 8.16. The summed E-state index contributed by atoms with van der Waals surface area (Å²) < 4.78 is 12.6. The molecule has 4 atom stereocenters. The van der Waals surface area contributed by atoms with Crippen LogP contribution in [0.25, 0.3) is 0 Å². The lowest BCUT2D eigenvalue weighted by Gasteiger charge is -2.59. The minimum absolute atomic E-state index is 0.0844. The van der Waals surface area contributed by atoms with Crippen LogP contribution in [-0.2, 0) is 24.5 Å². The number of pyridine rings is 1. The van der Waals surface area contributed by atoms with Crippen molar-refractivity contribution in [2.24, 2.45) is 28.6 Å². The van der Waals surface area contributed by atoms with Gasteiger partial charge in [-0.2, -0.15) is 0 Å². The summed E-state index contributed by atoms with van der Waals surface area (Å²) in [7, 11) is 0. The van der Waals surface area contributed by atoms with Crippen molar-refractivity contribution in [3.05, 3.63) is 69.9 Å². The molecule has 4 unspecified atom stereocenters. The minimum Gasteiger partial charge on any atom is -0.427 e. The molecule has 3 heterocycles. The highest BCUT2D eigenvalue weighted by atomic mass is 16.5. The van der Waals surface area contributed by atoms with E-state index in [-0.39, 0.29) is 40.5 Å². The second-order valence-electron chi connectivity index (χ2n) is 14.8. The van der Waals surface area contributed by atoms with Gasteiger partial charge in [0.1, 0.15) is 17.3 Å². The van der Waals surface area contributed by atoms with E-state index in [4.69, 9.17) is 15.2 Å². The lowest BCUT2D eigenvalue weighted by atomic mass is 9.42. The molecule has 4 fully saturated rings. The Hall–Kier alpha value is -3.15. The molecule has 1 saturated heterocycles. The Morgan fingerprint density at radius 3 is 2.50 bits per heavy atom. The first-order valence-electron chi connectivity index (χ1n) is 17.5. The predicted molar refractivity (Wildman–Crippen MR) is 169 cm³/mol. The zero-order valence-corrected chi connectivity index (χ0v) is 26.4. The highest BCUT2D eigenvalue weighted by Crippen LogP contribution is 2.73. The van der Waals surface area contributed by atoms with Crippen LogP contribution < -0.4 is 5.73 Å². The number of fused-ring (bicyclic) bond motifs is 1. The average molecular weight is 595 g/mol. The third-order valence-electron chi connectivity index (χ3n) is 13.0. The Labute approximate surface area is 261 Å². The van der Waals surface area contributed by atoms with Gasteiger partial charge in [0, 0.05) is 28.7 Å². The van der Waals surface area contributed by atoms with Crippen molar-refractivity contribution in [2.45, 2.75) is 116 Å². The molecule has 3 saturated carbocycles. The van der Waals surface area contributed by atoms with Crippen LogP contribution in [0.15, 0.2) is 64.3 Å². The molecule has 0 aromatic carbocycles. The van der Waals surface area contributed by atoms with E-state index in [0.29, 0.717) is 5.82 Å². The van der Waals surface area contributed by atoms with E-state index in [1.807, 2.05) is 12.3 Å². The summed E-state index contributed by atoms with van der Waals surface area (Å²) in [5.74, 6) is 2.19. The number of hydrogen-bond acceptors (Lipinski definition) is 6. The number of nitrogen functional groups attached to an aromatic ring is 1. The Balaban J connectivity index is 1.35. The number of cyclic esters (lactones) is 2. The number of nitrogens with two attached hydrogens (primary N) is 1. The average Bonchev–Trinajstić information content (AvgIpc) is 3.83. The number of nitrogens with zero attached hydrogens (tertiary/aromatic N) is 1. The third-order valence-corrected chi connectivity index (χ3v) is 13.0. The van der Waals surface area contributed by atoms with Gasteiger partial charge < -0.3 is 15.2 Å². The molecular weight excluding hydrogens is 548 g/mol. The number of esters is 2. The van der Waals surface area contributed by atoms with Crippen LogP contribution in [0.3, 0.4) is 0 Å². The molecule has 1 aromatic heterocycles. The first-order valence-corrected chi connectivity index (χ1v) is 17.5. The van der Waals surface area contributed by atoms with Gasteiger partial charge >= 0.3 is 11.9 Å². The molecule has 6 aliphatic carbocycles. The largest absolute Gasteiger partial charge is 0.427 e. The topological polar surface area (TPSA) is 91.5 Å². The number of anilines is 1. The lowest BCUT2D eigenvalue weighted by molar-refractivity contribution is -0.135. The van der Waals surface area contributed by atoms with Gasteiger partial charge in [-0.1, -0.05) is 46.0 Å². The molecule has 6 nitrogen and oxygen atoms in total. The third kappa shape index (κ3) is 3.75.